The Kier molecular flexibility index (Phi) is 3.37. The Morgan fingerprint density at radius 2 is 1.78 bits per heavy atom. The second-order valence-corrected chi connectivity index (χ2v) is 3.70. The minimum absolute atomic E-state index is 0.0553. The SMILES string of the molecule is COc1ccc(-c2cc(C=O)ccc2F)c(F)c1. The Balaban J connectivity index is 2.57. The molecule has 0 aromatic heterocycles. The van der Waals surface area contributed by atoms with Crippen LogP contribution in [0.4, 0.5) is 8.78 Å². The van der Waals surface area contributed by atoms with Crippen LogP contribution in [0.5, 0.6) is 5.75 Å². The van der Waals surface area contributed by atoms with Crippen molar-refractivity contribution in [2.45, 2.75) is 0 Å². The standard InChI is InChI=1S/C14H10F2O2/c1-18-10-3-4-11(14(16)7-10)12-6-9(8-17)2-5-13(12)15/h2-8H,1H3. The van der Waals surface area contributed by atoms with Crippen molar-refractivity contribution < 1.29 is 18.3 Å². The van der Waals surface area contributed by atoms with Crippen molar-refractivity contribution in [1.29, 1.82) is 0 Å². The van der Waals surface area contributed by atoms with Crippen LogP contribution in [-0.4, -0.2) is 13.4 Å². The van der Waals surface area contributed by atoms with E-state index in [2.05, 4.69) is 0 Å². The molecular weight excluding hydrogens is 238 g/mol. The van der Waals surface area contributed by atoms with Crippen LogP contribution in [0, 0.1) is 11.6 Å². The molecule has 2 aromatic rings. The second-order valence-electron chi connectivity index (χ2n) is 3.70. The van der Waals surface area contributed by atoms with Crippen LogP contribution in [0.3, 0.4) is 0 Å². The largest absolute Gasteiger partial charge is 0.497 e. The fraction of sp³-hybridized carbons (Fsp3) is 0.0714. The first-order chi connectivity index (χ1) is 8.65. The third-order valence-corrected chi connectivity index (χ3v) is 2.59. The number of benzene rings is 2. The van der Waals surface area contributed by atoms with Gasteiger partial charge in [-0.1, -0.05) is 0 Å². The van der Waals surface area contributed by atoms with Crippen LogP contribution in [-0.2, 0) is 0 Å². The smallest absolute Gasteiger partial charge is 0.150 e. The van der Waals surface area contributed by atoms with Gasteiger partial charge >= 0.3 is 0 Å². The summed E-state index contributed by atoms with van der Waals surface area (Å²) in [6.45, 7) is 0. The Morgan fingerprint density at radius 3 is 2.39 bits per heavy atom. The molecule has 0 unspecified atom stereocenters. The van der Waals surface area contributed by atoms with Crippen molar-refractivity contribution in [2.24, 2.45) is 0 Å². The van der Waals surface area contributed by atoms with Crippen LogP contribution in [0.25, 0.3) is 11.1 Å². The van der Waals surface area contributed by atoms with Crippen LogP contribution >= 0.6 is 0 Å². The van der Waals surface area contributed by atoms with Crippen molar-refractivity contribution in [3.8, 4) is 16.9 Å². The van der Waals surface area contributed by atoms with Gasteiger partial charge in [0.2, 0.25) is 0 Å². The Labute approximate surface area is 103 Å². The molecule has 2 rings (SSSR count). The minimum Gasteiger partial charge on any atom is -0.497 e. The van der Waals surface area contributed by atoms with Crippen LogP contribution < -0.4 is 4.74 Å². The summed E-state index contributed by atoms with van der Waals surface area (Å²) in [6.07, 6.45) is 0.588. The number of ether oxygens (including phenoxy) is 1. The van der Waals surface area contributed by atoms with Crippen LogP contribution in [0.1, 0.15) is 10.4 Å². The molecule has 2 nitrogen and oxygen atoms in total. The molecule has 0 heterocycles. The lowest BCUT2D eigenvalue weighted by molar-refractivity contribution is 0.112. The van der Waals surface area contributed by atoms with E-state index in [9.17, 15) is 13.6 Å². The average molecular weight is 248 g/mol. The maximum absolute atomic E-state index is 13.8. The van der Waals surface area contributed by atoms with E-state index in [0.29, 0.717) is 17.6 Å². The molecule has 0 aliphatic heterocycles. The molecule has 92 valence electrons. The van der Waals surface area contributed by atoms with E-state index in [4.69, 9.17) is 4.74 Å². The van der Waals surface area contributed by atoms with Gasteiger partial charge < -0.3 is 4.74 Å². The highest BCUT2D eigenvalue weighted by atomic mass is 19.1. The first-order valence-electron chi connectivity index (χ1n) is 5.24. The number of halogens is 2. The maximum Gasteiger partial charge on any atom is 0.150 e. The quantitative estimate of drug-likeness (QED) is 0.777. The lowest BCUT2D eigenvalue weighted by Crippen LogP contribution is -1.92. The molecule has 0 spiro atoms. The van der Waals surface area contributed by atoms with E-state index in [-0.39, 0.29) is 11.1 Å². The fourth-order valence-electron chi connectivity index (χ4n) is 1.66. The molecule has 0 aliphatic carbocycles. The molecule has 0 saturated carbocycles. The predicted molar refractivity (Wildman–Crippen MR) is 63.7 cm³/mol. The topological polar surface area (TPSA) is 26.3 Å². The Morgan fingerprint density at radius 1 is 1.00 bits per heavy atom. The third-order valence-electron chi connectivity index (χ3n) is 2.59. The summed E-state index contributed by atoms with van der Waals surface area (Å²) in [6, 6.07) is 7.91. The van der Waals surface area contributed by atoms with Crippen LogP contribution in [0.2, 0.25) is 0 Å². The van der Waals surface area contributed by atoms with Gasteiger partial charge in [0, 0.05) is 22.8 Å². The summed E-state index contributed by atoms with van der Waals surface area (Å²) >= 11 is 0. The van der Waals surface area contributed by atoms with E-state index in [1.807, 2.05) is 0 Å². The summed E-state index contributed by atoms with van der Waals surface area (Å²) in [5.74, 6) is -0.829. The van der Waals surface area contributed by atoms with Crippen molar-refractivity contribution >= 4 is 6.29 Å². The molecule has 0 radical (unpaired) electrons. The second kappa shape index (κ2) is 4.96. The zero-order valence-electron chi connectivity index (χ0n) is 9.61. The molecule has 0 aliphatic rings. The highest BCUT2D eigenvalue weighted by Crippen LogP contribution is 2.28. The first-order valence-corrected chi connectivity index (χ1v) is 5.24. The third kappa shape index (κ3) is 2.22. The fourth-order valence-corrected chi connectivity index (χ4v) is 1.66. The highest BCUT2D eigenvalue weighted by Gasteiger charge is 2.11. The number of aldehydes is 1. The molecule has 0 amide bonds. The van der Waals surface area contributed by atoms with Gasteiger partial charge in [-0.15, -0.1) is 0 Å². The Bertz CT molecular complexity index is 594. The van der Waals surface area contributed by atoms with Gasteiger partial charge in [-0.25, -0.2) is 8.78 Å². The van der Waals surface area contributed by atoms with E-state index >= 15 is 0 Å². The van der Waals surface area contributed by atoms with Crippen molar-refractivity contribution in [1.82, 2.24) is 0 Å². The van der Waals surface area contributed by atoms with Gasteiger partial charge in [-0.05, 0) is 30.3 Å². The van der Waals surface area contributed by atoms with E-state index in [1.54, 1.807) is 0 Å². The molecule has 18 heavy (non-hydrogen) atoms. The van der Waals surface area contributed by atoms with Crippen molar-refractivity contribution in [3.05, 3.63) is 53.6 Å². The van der Waals surface area contributed by atoms with Gasteiger partial charge in [-0.2, -0.15) is 0 Å². The van der Waals surface area contributed by atoms with Crippen LogP contribution in [0.15, 0.2) is 36.4 Å². The molecule has 0 bridgehead atoms. The average Bonchev–Trinajstić information content (AvgIpc) is 2.39. The van der Waals surface area contributed by atoms with Gasteiger partial charge in [0.05, 0.1) is 7.11 Å². The maximum atomic E-state index is 13.8. The summed E-state index contributed by atoms with van der Waals surface area (Å²) in [5.41, 5.74) is 0.443. The molecule has 0 saturated heterocycles. The summed E-state index contributed by atoms with van der Waals surface area (Å²) in [4.78, 5) is 10.7. The number of hydrogen-bond donors (Lipinski definition) is 0. The Hall–Kier alpha value is -2.23. The number of carbonyl (C=O) groups is 1. The number of rotatable bonds is 3. The van der Waals surface area contributed by atoms with Gasteiger partial charge in [0.15, 0.2) is 0 Å². The first kappa shape index (κ1) is 12.2. The zero-order valence-corrected chi connectivity index (χ0v) is 9.61. The molecule has 0 atom stereocenters. The van der Waals surface area contributed by atoms with E-state index in [0.717, 1.165) is 6.07 Å². The summed E-state index contributed by atoms with van der Waals surface area (Å²) < 4.78 is 32.3. The highest BCUT2D eigenvalue weighted by molar-refractivity contribution is 5.79. The molecule has 0 N–H and O–H groups in total. The minimum atomic E-state index is -0.601. The summed E-state index contributed by atoms with van der Waals surface area (Å²) in [5, 5.41) is 0. The van der Waals surface area contributed by atoms with Gasteiger partial charge in [-0.3, -0.25) is 4.79 Å². The van der Waals surface area contributed by atoms with Crippen molar-refractivity contribution in [2.75, 3.05) is 7.11 Å². The predicted octanol–water partition coefficient (Wildman–Crippen LogP) is 3.45. The number of methoxy groups -OCH3 is 1. The van der Waals surface area contributed by atoms with E-state index < -0.39 is 11.6 Å². The summed E-state index contributed by atoms with van der Waals surface area (Å²) in [7, 11) is 1.42. The normalized spacial score (nSPS) is 10.2. The monoisotopic (exact) mass is 248 g/mol. The molecule has 2 aromatic carbocycles. The van der Waals surface area contributed by atoms with Crippen molar-refractivity contribution in [3.63, 3.8) is 0 Å². The molecule has 4 heteroatoms. The lowest BCUT2D eigenvalue weighted by Gasteiger charge is -2.07. The van der Waals surface area contributed by atoms with Gasteiger partial charge in [0.1, 0.15) is 23.7 Å². The number of hydrogen-bond acceptors (Lipinski definition) is 2. The van der Waals surface area contributed by atoms with E-state index in [1.165, 1.54) is 37.4 Å². The van der Waals surface area contributed by atoms with Gasteiger partial charge in [0.25, 0.3) is 0 Å². The lowest BCUT2D eigenvalue weighted by atomic mass is 10.0. The molecule has 0 fully saturated rings. The number of carbonyl (C=O) groups excluding carboxylic acids is 1. The molecular formula is C14H10F2O2. The zero-order chi connectivity index (χ0) is 13.1.